The van der Waals surface area contributed by atoms with Crippen LogP contribution >= 0.6 is 0 Å². The van der Waals surface area contributed by atoms with E-state index in [2.05, 4.69) is 5.32 Å². The summed E-state index contributed by atoms with van der Waals surface area (Å²) in [7, 11) is 0. The van der Waals surface area contributed by atoms with E-state index in [1.165, 1.54) is 12.1 Å². The molecular weight excluding hydrogens is 446 g/mol. The van der Waals surface area contributed by atoms with Crippen LogP contribution in [-0.2, 0) is 16.0 Å². The molecule has 5 rings (SSSR count). The number of ether oxygens (including phenoxy) is 1. The van der Waals surface area contributed by atoms with E-state index in [0.29, 0.717) is 34.1 Å². The van der Waals surface area contributed by atoms with E-state index in [1.807, 2.05) is 36.4 Å². The molecule has 1 amide bonds. The van der Waals surface area contributed by atoms with Crippen LogP contribution in [-0.4, -0.2) is 33.9 Å². The lowest BCUT2D eigenvalue weighted by Gasteiger charge is -2.23. The number of allylic oxidation sites excluding steroid dienone is 1. The minimum Gasteiger partial charge on any atom is -0.449 e. The Labute approximate surface area is 202 Å². The number of nitrogens with zero attached hydrogens (tertiary/aromatic N) is 2. The van der Waals surface area contributed by atoms with E-state index in [4.69, 9.17) is 9.72 Å². The van der Waals surface area contributed by atoms with Crippen molar-refractivity contribution in [3.8, 4) is 0 Å². The summed E-state index contributed by atoms with van der Waals surface area (Å²) in [5.41, 5.74) is 4.19. The van der Waals surface area contributed by atoms with Crippen molar-refractivity contribution in [1.29, 1.82) is 0 Å². The Balaban J connectivity index is 1.55. The summed E-state index contributed by atoms with van der Waals surface area (Å²) >= 11 is 0. The van der Waals surface area contributed by atoms with Crippen molar-refractivity contribution in [2.75, 3.05) is 0 Å². The van der Waals surface area contributed by atoms with Gasteiger partial charge >= 0.3 is 5.97 Å². The molecule has 1 saturated carbocycles. The molecule has 178 valence electrons. The predicted octanol–water partition coefficient (Wildman–Crippen LogP) is 4.84. The highest BCUT2D eigenvalue weighted by molar-refractivity contribution is 6.07. The number of rotatable bonds is 6. The van der Waals surface area contributed by atoms with Crippen LogP contribution < -0.4 is 5.32 Å². The Morgan fingerprint density at radius 1 is 1.17 bits per heavy atom. The first-order valence-electron chi connectivity index (χ1n) is 11.8. The number of pyridine rings is 1. The second kappa shape index (κ2) is 9.29. The van der Waals surface area contributed by atoms with Crippen LogP contribution in [0.3, 0.4) is 0 Å². The third-order valence-electron chi connectivity index (χ3n) is 6.37. The van der Waals surface area contributed by atoms with Gasteiger partial charge in [-0.2, -0.15) is 0 Å². The fourth-order valence-electron chi connectivity index (χ4n) is 4.46. The smallest absolute Gasteiger partial charge is 0.339 e. The van der Waals surface area contributed by atoms with Crippen LogP contribution in [0.25, 0.3) is 22.6 Å². The highest BCUT2D eigenvalue weighted by atomic mass is 16.6. The summed E-state index contributed by atoms with van der Waals surface area (Å²) in [6.45, 7) is 1.58. The number of nitro groups is 1. The number of carbonyl (C=O) groups is 2. The van der Waals surface area contributed by atoms with Gasteiger partial charge in [0.2, 0.25) is 0 Å². The van der Waals surface area contributed by atoms with Gasteiger partial charge in [-0.05, 0) is 67.9 Å². The van der Waals surface area contributed by atoms with Gasteiger partial charge in [-0.15, -0.1) is 0 Å². The molecule has 1 atom stereocenters. The van der Waals surface area contributed by atoms with Crippen LogP contribution in [0.1, 0.15) is 59.8 Å². The zero-order chi connectivity index (χ0) is 24.5. The third-order valence-corrected chi connectivity index (χ3v) is 6.37. The number of aromatic nitrogens is 1. The number of carbonyl (C=O) groups excluding carboxylic acids is 2. The molecule has 8 nitrogen and oxygen atoms in total. The Bertz CT molecular complexity index is 1380. The molecular formula is C27H25N3O5. The number of fused-ring (bicyclic) bond motifs is 2. The van der Waals surface area contributed by atoms with Crippen molar-refractivity contribution < 1.29 is 19.2 Å². The van der Waals surface area contributed by atoms with Crippen LogP contribution in [0.5, 0.6) is 0 Å². The molecule has 2 aliphatic carbocycles. The number of para-hydroxylation sites is 1. The first-order chi connectivity index (χ1) is 16.9. The molecule has 8 heteroatoms. The number of hydrogen-bond acceptors (Lipinski definition) is 6. The van der Waals surface area contributed by atoms with Gasteiger partial charge in [0.25, 0.3) is 11.6 Å². The van der Waals surface area contributed by atoms with Crippen LogP contribution in [0.15, 0.2) is 48.5 Å². The molecule has 1 heterocycles. The average molecular weight is 472 g/mol. The maximum absolute atomic E-state index is 13.4. The SMILES string of the molecule is CC(OC(=O)c1c2c(nc3ccccc13)/C(=C/c1cccc([N+](=O)[O-])c1)CCC2)C(=O)NC1CC1. The summed E-state index contributed by atoms with van der Waals surface area (Å²) in [5.74, 6) is -0.839. The fourth-order valence-corrected chi connectivity index (χ4v) is 4.46. The lowest BCUT2D eigenvalue weighted by molar-refractivity contribution is -0.384. The van der Waals surface area contributed by atoms with E-state index >= 15 is 0 Å². The lowest BCUT2D eigenvalue weighted by atomic mass is 9.86. The van der Waals surface area contributed by atoms with E-state index in [-0.39, 0.29) is 17.6 Å². The molecule has 2 aliphatic rings. The number of benzene rings is 2. The first kappa shape index (κ1) is 22.7. The molecule has 0 saturated heterocycles. The Morgan fingerprint density at radius 3 is 2.74 bits per heavy atom. The molecule has 0 radical (unpaired) electrons. The highest BCUT2D eigenvalue weighted by Crippen LogP contribution is 2.37. The average Bonchev–Trinajstić information content (AvgIpc) is 3.67. The first-order valence-corrected chi connectivity index (χ1v) is 11.8. The summed E-state index contributed by atoms with van der Waals surface area (Å²) in [6, 6.07) is 14.0. The van der Waals surface area contributed by atoms with E-state index < -0.39 is 17.0 Å². The number of hydrogen-bond donors (Lipinski definition) is 1. The molecule has 0 aliphatic heterocycles. The Kier molecular flexibility index (Phi) is 6.03. The topological polar surface area (TPSA) is 111 Å². The van der Waals surface area contributed by atoms with Gasteiger partial charge in [-0.1, -0.05) is 30.3 Å². The number of nitrogens with one attached hydrogen (secondary N) is 1. The van der Waals surface area contributed by atoms with Crippen molar-refractivity contribution in [2.24, 2.45) is 0 Å². The van der Waals surface area contributed by atoms with Gasteiger partial charge in [0, 0.05) is 23.6 Å². The van der Waals surface area contributed by atoms with Crippen molar-refractivity contribution in [3.63, 3.8) is 0 Å². The monoisotopic (exact) mass is 471 g/mol. The quantitative estimate of drug-likeness (QED) is 0.313. The summed E-state index contributed by atoms with van der Waals surface area (Å²) in [4.78, 5) is 41.4. The van der Waals surface area contributed by atoms with Crippen LogP contribution in [0.2, 0.25) is 0 Å². The third kappa shape index (κ3) is 4.77. The number of amides is 1. The number of esters is 1. The normalized spacial score (nSPS) is 17.0. The highest BCUT2D eigenvalue weighted by Gasteiger charge is 2.30. The molecule has 0 bridgehead atoms. The van der Waals surface area contributed by atoms with Crippen molar-refractivity contribution in [1.82, 2.24) is 10.3 Å². The zero-order valence-electron chi connectivity index (χ0n) is 19.3. The van der Waals surface area contributed by atoms with Gasteiger partial charge in [0.15, 0.2) is 6.10 Å². The van der Waals surface area contributed by atoms with E-state index in [1.54, 1.807) is 13.0 Å². The second-order valence-electron chi connectivity index (χ2n) is 9.04. The molecule has 2 aromatic carbocycles. The van der Waals surface area contributed by atoms with Gasteiger partial charge in [0.05, 0.1) is 21.7 Å². The minimum absolute atomic E-state index is 0.0181. The molecule has 1 fully saturated rings. The summed E-state index contributed by atoms with van der Waals surface area (Å²) in [6.07, 6.45) is 5.07. The van der Waals surface area contributed by atoms with E-state index in [9.17, 15) is 19.7 Å². The Hall–Kier alpha value is -4.07. The maximum atomic E-state index is 13.4. The van der Waals surface area contributed by atoms with Gasteiger partial charge in [-0.3, -0.25) is 14.9 Å². The lowest BCUT2D eigenvalue weighted by Crippen LogP contribution is -2.37. The number of non-ortho nitro benzene ring substituents is 1. The maximum Gasteiger partial charge on any atom is 0.339 e. The Morgan fingerprint density at radius 2 is 1.97 bits per heavy atom. The van der Waals surface area contributed by atoms with E-state index in [0.717, 1.165) is 36.8 Å². The molecule has 3 aromatic rings. The molecule has 1 N–H and O–H groups in total. The second-order valence-corrected chi connectivity index (χ2v) is 9.04. The number of nitro benzene ring substituents is 1. The van der Waals surface area contributed by atoms with Crippen LogP contribution in [0.4, 0.5) is 5.69 Å². The van der Waals surface area contributed by atoms with Crippen molar-refractivity contribution in [2.45, 2.75) is 51.2 Å². The largest absolute Gasteiger partial charge is 0.449 e. The fraction of sp³-hybridized carbons (Fsp3) is 0.296. The molecule has 0 spiro atoms. The molecule has 1 unspecified atom stereocenters. The minimum atomic E-state index is -0.908. The summed E-state index contributed by atoms with van der Waals surface area (Å²) < 4.78 is 5.62. The van der Waals surface area contributed by atoms with Gasteiger partial charge in [-0.25, -0.2) is 9.78 Å². The summed E-state index contributed by atoms with van der Waals surface area (Å²) in [5, 5.41) is 14.8. The van der Waals surface area contributed by atoms with Crippen LogP contribution in [0, 0.1) is 10.1 Å². The molecule has 1 aromatic heterocycles. The standard InChI is InChI=1S/C27H25N3O5/c1-16(26(31)28-19-12-13-19)35-27(32)24-21-9-2-3-11-23(21)29-25-18(7-5-10-22(24)25)14-17-6-4-8-20(15-17)30(33)34/h2-4,6,8-9,11,14-16,19H,5,7,10,12-13H2,1H3,(H,28,31)/b18-14+. The predicted molar refractivity (Wildman–Crippen MR) is 132 cm³/mol. The molecule has 35 heavy (non-hydrogen) atoms. The van der Waals surface area contributed by atoms with Crippen molar-refractivity contribution >= 4 is 40.1 Å². The van der Waals surface area contributed by atoms with Gasteiger partial charge in [0.1, 0.15) is 0 Å². The van der Waals surface area contributed by atoms with Gasteiger partial charge < -0.3 is 10.1 Å². The zero-order valence-corrected chi connectivity index (χ0v) is 19.3. The van der Waals surface area contributed by atoms with Crippen molar-refractivity contribution in [3.05, 3.63) is 81.0 Å².